The van der Waals surface area contributed by atoms with Gasteiger partial charge in [-0.15, -0.1) is 11.8 Å². The summed E-state index contributed by atoms with van der Waals surface area (Å²) in [7, 11) is 0. The minimum Gasteiger partial charge on any atom is -0.355 e. The number of carbonyl (C=O) groups is 3. The SMILES string of the molecule is CC(C)CN1C(=O)CC(=O)N[C@H]1SCC(=O)NCCC(c1ccccc1)c1ccccc1. The molecule has 3 rings (SSSR count). The Morgan fingerprint density at radius 3 is 2.22 bits per heavy atom. The van der Waals surface area contributed by atoms with Crippen molar-refractivity contribution in [2.24, 2.45) is 5.92 Å². The van der Waals surface area contributed by atoms with Crippen LogP contribution in [0.25, 0.3) is 0 Å². The first kappa shape index (κ1) is 23.9. The van der Waals surface area contributed by atoms with Crippen molar-refractivity contribution in [3.05, 3.63) is 71.8 Å². The fourth-order valence-electron chi connectivity index (χ4n) is 3.82. The van der Waals surface area contributed by atoms with Crippen LogP contribution in [0.4, 0.5) is 0 Å². The van der Waals surface area contributed by atoms with Gasteiger partial charge in [0.15, 0.2) is 5.50 Å². The van der Waals surface area contributed by atoms with Crippen molar-refractivity contribution in [3.63, 3.8) is 0 Å². The zero-order chi connectivity index (χ0) is 22.9. The first-order valence-electron chi connectivity index (χ1n) is 11.0. The van der Waals surface area contributed by atoms with Crippen LogP contribution in [0.1, 0.15) is 43.7 Å². The molecule has 32 heavy (non-hydrogen) atoms. The van der Waals surface area contributed by atoms with Gasteiger partial charge in [0.05, 0.1) is 5.75 Å². The molecule has 1 aliphatic rings. The van der Waals surface area contributed by atoms with Crippen LogP contribution in [-0.4, -0.2) is 47.0 Å². The molecule has 0 saturated carbocycles. The van der Waals surface area contributed by atoms with E-state index in [2.05, 4.69) is 34.9 Å². The van der Waals surface area contributed by atoms with E-state index >= 15 is 0 Å². The predicted molar refractivity (Wildman–Crippen MR) is 128 cm³/mol. The lowest BCUT2D eigenvalue weighted by Crippen LogP contribution is -2.56. The lowest BCUT2D eigenvalue weighted by Gasteiger charge is -2.36. The summed E-state index contributed by atoms with van der Waals surface area (Å²) in [5.41, 5.74) is 1.93. The van der Waals surface area contributed by atoms with Crippen LogP contribution in [-0.2, 0) is 14.4 Å². The van der Waals surface area contributed by atoms with Gasteiger partial charge in [-0.25, -0.2) is 0 Å². The van der Waals surface area contributed by atoms with Gasteiger partial charge in [-0.2, -0.15) is 0 Å². The van der Waals surface area contributed by atoms with E-state index in [0.29, 0.717) is 13.1 Å². The Balaban J connectivity index is 1.53. The van der Waals surface area contributed by atoms with Gasteiger partial charge in [-0.05, 0) is 23.5 Å². The molecule has 3 amide bonds. The molecule has 1 aliphatic heterocycles. The zero-order valence-corrected chi connectivity index (χ0v) is 19.4. The summed E-state index contributed by atoms with van der Waals surface area (Å²) >= 11 is 1.28. The molecule has 1 atom stereocenters. The quantitative estimate of drug-likeness (QED) is 0.541. The van der Waals surface area contributed by atoms with Crippen LogP contribution in [0, 0.1) is 5.92 Å². The number of nitrogens with zero attached hydrogens (tertiary/aromatic N) is 1. The van der Waals surface area contributed by atoms with Gasteiger partial charge in [0.25, 0.3) is 0 Å². The van der Waals surface area contributed by atoms with Gasteiger partial charge in [0, 0.05) is 19.0 Å². The average Bonchev–Trinajstić information content (AvgIpc) is 2.78. The fraction of sp³-hybridized carbons (Fsp3) is 0.400. The Labute approximate surface area is 194 Å². The van der Waals surface area contributed by atoms with E-state index in [4.69, 9.17) is 0 Å². The van der Waals surface area contributed by atoms with Crippen molar-refractivity contribution < 1.29 is 14.4 Å². The summed E-state index contributed by atoms with van der Waals surface area (Å²) in [5, 5.41) is 5.82. The molecular formula is C25H31N3O3S. The Kier molecular flexibility index (Phi) is 8.73. The van der Waals surface area contributed by atoms with Crippen molar-refractivity contribution in [1.82, 2.24) is 15.5 Å². The summed E-state index contributed by atoms with van der Waals surface area (Å²) in [5.74, 6) is 0.0664. The van der Waals surface area contributed by atoms with Gasteiger partial charge in [0.1, 0.15) is 6.42 Å². The molecule has 2 aromatic rings. The monoisotopic (exact) mass is 453 g/mol. The summed E-state index contributed by atoms with van der Waals surface area (Å²) < 4.78 is 0. The summed E-state index contributed by atoms with van der Waals surface area (Å²) in [6.07, 6.45) is 0.652. The number of benzene rings is 2. The maximum absolute atomic E-state index is 12.5. The van der Waals surface area contributed by atoms with Gasteiger partial charge in [0.2, 0.25) is 17.7 Å². The third kappa shape index (κ3) is 6.85. The fourth-order valence-corrected chi connectivity index (χ4v) is 4.83. The highest BCUT2D eigenvalue weighted by Crippen LogP contribution is 2.27. The van der Waals surface area contributed by atoms with Crippen molar-refractivity contribution >= 4 is 29.5 Å². The second kappa shape index (κ2) is 11.7. The molecule has 0 spiro atoms. The second-order valence-electron chi connectivity index (χ2n) is 8.36. The molecule has 2 N–H and O–H groups in total. The molecule has 170 valence electrons. The van der Waals surface area contributed by atoms with E-state index in [-0.39, 0.29) is 41.7 Å². The summed E-state index contributed by atoms with van der Waals surface area (Å²) in [6.45, 7) is 5.13. The number of nitrogens with one attached hydrogen (secondary N) is 2. The lowest BCUT2D eigenvalue weighted by atomic mass is 9.88. The smallest absolute Gasteiger partial charge is 0.234 e. The minimum absolute atomic E-state index is 0.105. The second-order valence-corrected chi connectivity index (χ2v) is 9.43. The van der Waals surface area contributed by atoms with Crippen molar-refractivity contribution in [2.45, 2.75) is 38.1 Å². The first-order chi connectivity index (χ1) is 15.4. The predicted octanol–water partition coefficient (Wildman–Crippen LogP) is 3.35. The molecule has 6 nitrogen and oxygen atoms in total. The Morgan fingerprint density at radius 2 is 1.66 bits per heavy atom. The number of amides is 3. The number of thioether (sulfide) groups is 1. The van der Waals surface area contributed by atoms with Crippen LogP contribution < -0.4 is 10.6 Å². The third-order valence-electron chi connectivity index (χ3n) is 5.29. The van der Waals surface area contributed by atoms with E-state index in [1.165, 1.54) is 22.9 Å². The minimum atomic E-state index is -0.502. The molecule has 1 heterocycles. The topological polar surface area (TPSA) is 78.5 Å². The standard InChI is InChI=1S/C25H31N3O3S/c1-18(2)16-28-24(31)15-22(29)27-25(28)32-17-23(30)26-14-13-21(19-9-5-3-6-10-19)20-11-7-4-8-12-20/h3-12,18,21,25H,13-17H2,1-2H3,(H,26,30)(H,27,29)/t25-/m1/s1. The summed E-state index contributed by atoms with van der Waals surface area (Å²) in [4.78, 5) is 38.2. The molecule has 0 unspecified atom stereocenters. The van der Waals surface area contributed by atoms with Gasteiger partial charge < -0.3 is 15.5 Å². The molecule has 0 radical (unpaired) electrons. The van der Waals surface area contributed by atoms with Crippen LogP contribution in [0.3, 0.4) is 0 Å². The van der Waals surface area contributed by atoms with E-state index in [1.807, 2.05) is 50.2 Å². The van der Waals surface area contributed by atoms with Crippen molar-refractivity contribution in [3.8, 4) is 0 Å². The number of hydrogen-bond acceptors (Lipinski definition) is 4. The molecule has 0 bridgehead atoms. The van der Waals surface area contributed by atoms with E-state index < -0.39 is 5.50 Å². The van der Waals surface area contributed by atoms with Crippen molar-refractivity contribution in [2.75, 3.05) is 18.8 Å². The van der Waals surface area contributed by atoms with E-state index in [9.17, 15) is 14.4 Å². The number of rotatable bonds is 10. The normalized spacial score (nSPS) is 16.4. The Morgan fingerprint density at radius 1 is 1.06 bits per heavy atom. The number of hydrogen-bond donors (Lipinski definition) is 2. The van der Waals surface area contributed by atoms with E-state index in [1.54, 1.807) is 4.90 Å². The molecule has 1 saturated heterocycles. The highest BCUT2D eigenvalue weighted by atomic mass is 32.2. The largest absolute Gasteiger partial charge is 0.355 e. The van der Waals surface area contributed by atoms with E-state index in [0.717, 1.165) is 6.42 Å². The van der Waals surface area contributed by atoms with Gasteiger partial charge in [-0.3, -0.25) is 14.4 Å². The molecule has 7 heteroatoms. The third-order valence-corrected chi connectivity index (χ3v) is 6.41. The van der Waals surface area contributed by atoms with Gasteiger partial charge >= 0.3 is 0 Å². The van der Waals surface area contributed by atoms with Gasteiger partial charge in [-0.1, -0.05) is 74.5 Å². The Bertz CT molecular complexity index is 866. The molecule has 2 aromatic carbocycles. The maximum atomic E-state index is 12.5. The maximum Gasteiger partial charge on any atom is 0.234 e. The van der Waals surface area contributed by atoms with Crippen LogP contribution >= 0.6 is 11.8 Å². The summed E-state index contributed by atoms with van der Waals surface area (Å²) in [6, 6.07) is 20.6. The highest BCUT2D eigenvalue weighted by Gasteiger charge is 2.33. The molecule has 0 aliphatic carbocycles. The molecular weight excluding hydrogens is 422 g/mol. The first-order valence-corrected chi connectivity index (χ1v) is 12.1. The van der Waals surface area contributed by atoms with Crippen LogP contribution in [0.2, 0.25) is 0 Å². The van der Waals surface area contributed by atoms with Crippen LogP contribution in [0.5, 0.6) is 0 Å². The average molecular weight is 454 g/mol. The Hall–Kier alpha value is -2.80. The highest BCUT2D eigenvalue weighted by molar-refractivity contribution is 8.00. The number of carbonyl (C=O) groups excluding carboxylic acids is 3. The molecule has 1 fully saturated rings. The lowest BCUT2D eigenvalue weighted by molar-refractivity contribution is -0.142. The molecule has 0 aromatic heterocycles. The zero-order valence-electron chi connectivity index (χ0n) is 18.6. The van der Waals surface area contributed by atoms with Crippen LogP contribution in [0.15, 0.2) is 60.7 Å². The van der Waals surface area contributed by atoms with Crippen molar-refractivity contribution in [1.29, 1.82) is 0 Å².